The molecule has 0 saturated heterocycles. The van der Waals surface area contributed by atoms with E-state index in [9.17, 15) is 14.4 Å². The number of ether oxygens (including phenoxy) is 2. The molecule has 124 valence electrons. The second-order valence-corrected chi connectivity index (χ2v) is 7.51. The number of anilines is 1. The van der Waals surface area contributed by atoms with E-state index >= 15 is 0 Å². The summed E-state index contributed by atoms with van der Waals surface area (Å²) in [6, 6.07) is 4.90. The molecule has 2 rings (SSSR count). The minimum atomic E-state index is -0.642. The predicted molar refractivity (Wildman–Crippen MR) is 86.5 cm³/mol. The largest absolute Gasteiger partial charge is 0.457 e. The Morgan fingerprint density at radius 3 is 2.65 bits per heavy atom. The minimum Gasteiger partial charge on any atom is -0.457 e. The van der Waals surface area contributed by atoms with Crippen LogP contribution in [0.4, 0.5) is 5.69 Å². The standard InChI is InChI=1S/C16H19NO5S/c1-9-14(19)17-11-7-10(5-6-12(11)23-9)15(20)21-8-13(18)22-16(2,3)4/h5-7,9H,8H2,1-4H3,(H,17,19)/t9-/m0/s1. The van der Waals surface area contributed by atoms with Crippen molar-refractivity contribution >= 4 is 35.3 Å². The molecule has 7 heteroatoms. The van der Waals surface area contributed by atoms with Crippen LogP contribution in [0.3, 0.4) is 0 Å². The third kappa shape index (κ3) is 4.72. The number of esters is 2. The number of carbonyl (C=O) groups is 3. The van der Waals surface area contributed by atoms with Gasteiger partial charge in [0.15, 0.2) is 6.61 Å². The summed E-state index contributed by atoms with van der Waals surface area (Å²) in [4.78, 5) is 36.1. The van der Waals surface area contributed by atoms with Crippen molar-refractivity contribution in [3.8, 4) is 0 Å². The Kier molecular flexibility index (Phi) is 4.99. The molecule has 1 heterocycles. The Labute approximate surface area is 138 Å². The lowest BCUT2D eigenvalue weighted by molar-refractivity contribution is -0.158. The molecule has 0 aromatic heterocycles. The topological polar surface area (TPSA) is 81.7 Å². The first-order valence-electron chi connectivity index (χ1n) is 7.16. The maximum Gasteiger partial charge on any atom is 0.344 e. The van der Waals surface area contributed by atoms with Gasteiger partial charge in [-0.2, -0.15) is 0 Å². The van der Waals surface area contributed by atoms with E-state index in [0.29, 0.717) is 5.69 Å². The zero-order valence-electron chi connectivity index (χ0n) is 13.5. The number of hydrogen-bond donors (Lipinski definition) is 1. The van der Waals surface area contributed by atoms with Crippen molar-refractivity contribution in [1.82, 2.24) is 0 Å². The number of nitrogens with one attached hydrogen (secondary N) is 1. The van der Waals surface area contributed by atoms with Gasteiger partial charge in [0.25, 0.3) is 0 Å². The van der Waals surface area contributed by atoms with Crippen molar-refractivity contribution in [2.24, 2.45) is 0 Å². The van der Waals surface area contributed by atoms with Gasteiger partial charge in [0.2, 0.25) is 5.91 Å². The van der Waals surface area contributed by atoms with E-state index in [1.54, 1.807) is 39.0 Å². The Balaban J connectivity index is 2.00. The van der Waals surface area contributed by atoms with Crippen LogP contribution in [0, 0.1) is 0 Å². The highest BCUT2D eigenvalue weighted by Crippen LogP contribution is 2.35. The molecule has 1 aromatic rings. The van der Waals surface area contributed by atoms with Crippen LogP contribution in [-0.2, 0) is 19.1 Å². The third-order valence-corrected chi connectivity index (χ3v) is 4.06. The van der Waals surface area contributed by atoms with Crippen molar-refractivity contribution in [2.75, 3.05) is 11.9 Å². The van der Waals surface area contributed by atoms with Crippen LogP contribution in [0.2, 0.25) is 0 Å². The summed E-state index contributed by atoms with van der Waals surface area (Å²) in [5.41, 5.74) is 0.209. The number of amides is 1. The Bertz CT molecular complexity index is 650. The van der Waals surface area contributed by atoms with Crippen molar-refractivity contribution in [3.05, 3.63) is 23.8 Å². The fraction of sp³-hybridized carbons (Fsp3) is 0.438. The van der Waals surface area contributed by atoms with Gasteiger partial charge in [-0.1, -0.05) is 0 Å². The van der Waals surface area contributed by atoms with Crippen LogP contribution in [0.1, 0.15) is 38.1 Å². The maximum atomic E-state index is 12.0. The van der Waals surface area contributed by atoms with Crippen LogP contribution in [-0.4, -0.2) is 35.3 Å². The molecular weight excluding hydrogens is 318 g/mol. The highest BCUT2D eigenvalue weighted by atomic mass is 32.2. The monoisotopic (exact) mass is 337 g/mol. The fourth-order valence-corrected chi connectivity index (χ4v) is 2.84. The van der Waals surface area contributed by atoms with Crippen molar-refractivity contribution in [2.45, 2.75) is 43.4 Å². The van der Waals surface area contributed by atoms with Crippen LogP contribution < -0.4 is 5.32 Å². The lowest BCUT2D eigenvalue weighted by Gasteiger charge is -2.21. The molecule has 6 nitrogen and oxygen atoms in total. The summed E-state index contributed by atoms with van der Waals surface area (Å²) >= 11 is 1.43. The summed E-state index contributed by atoms with van der Waals surface area (Å²) in [6.45, 7) is 6.56. The highest BCUT2D eigenvalue weighted by Gasteiger charge is 2.24. The first kappa shape index (κ1) is 17.3. The van der Waals surface area contributed by atoms with E-state index in [4.69, 9.17) is 9.47 Å². The van der Waals surface area contributed by atoms with Gasteiger partial charge in [0.05, 0.1) is 16.5 Å². The predicted octanol–water partition coefficient (Wildman–Crippen LogP) is 2.62. The van der Waals surface area contributed by atoms with Crippen molar-refractivity contribution in [1.29, 1.82) is 0 Å². The minimum absolute atomic E-state index is 0.109. The van der Waals surface area contributed by atoms with E-state index in [0.717, 1.165) is 4.90 Å². The van der Waals surface area contributed by atoms with Gasteiger partial charge in [-0.05, 0) is 45.9 Å². The Hall–Kier alpha value is -2.02. The van der Waals surface area contributed by atoms with E-state index < -0.39 is 24.1 Å². The highest BCUT2D eigenvalue weighted by molar-refractivity contribution is 8.00. The van der Waals surface area contributed by atoms with Gasteiger partial charge in [-0.25, -0.2) is 9.59 Å². The van der Waals surface area contributed by atoms with Crippen LogP contribution in [0.15, 0.2) is 23.1 Å². The molecule has 0 saturated carbocycles. The molecule has 0 bridgehead atoms. The van der Waals surface area contributed by atoms with Gasteiger partial charge in [0.1, 0.15) is 5.60 Å². The third-order valence-electron chi connectivity index (χ3n) is 2.89. The molecule has 1 amide bonds. The summed E-state index contributed by atoms with van der Waals surface area (Å²) in [7, 11) is 0. The lowest BCUT2D eigenvalue weighted by Crippen LogP contribution is -2.28. The molecule has 1 N–H and O–H groups in total. The van der Waals surface area contributed by atoms with Gasteiger partial charge in [-0.15, -0.1) is 11.8 Å². The fourth-order valence-electron chi connectivity index (χ4n) is 1.91. The second kappa shape index (κ2) is 6.62. The molecule has 0 radical (unpaired) electrons. The van der Waals surface area contributed by atoms with E-state index in [1.165, 1.54) is 11.8 Å². The normalized spacial score (nSPS) is 17.0. The molecule has 1 atom stereocenters. The summed E-state index contributed by atoms with van der Waals surface area (Å²) in [5, 5.41) is 2.57. The summed E-state index contributed by atoms with van der Waals surface area (Å²) < 4.78 is 10.0. The van der Waals surface area contributed by atoms with Crippen molar-refractivity contribution in [3.63, 3.8) is 0 Å². The number of carbonyl (C=O) groups excluding carboxylic acids is 3. The number of fused-ring (bicyclic) bond motifs is 1. The van der Waals surface area contributed by atoms with E-state index in [-0.39, 0.29) is 16.7 Å². The maximum absolute atomic E-state index is 12.0. The lowest BCUT2D eigenvalue weighted by atomic mass is 10.2. The molecule has 23 heavy (non-hydrogen) atoms. The molecule has 0 spiro atoms. The Morgan fingerprint density at radius 2 is 2.00 bits per heavy atom. The zero-order chi connectivity index (χ0) is 17.2. The summed E-state index contributed by atoms with van der Waals surface area (Å²) in [5.74, 6) is -1.36. The molecule has 0 aliphatic carbocycles. The quantitative estimate of drug-likeness (QED) is 0.854. The van der Waals surface area contributed by atoms with Gasteiger partial charge in [0, 0.05) is 4.90 Å². The first-order valence-corrected chi connectivity index (χ1v) is 8.04. The van der Waals surface area contributed by atoms with Crippen molar-refractivity contribution < 1.29 is 23.9 Å². The average molecular weight is 337 g/mol. The molecule has 1 aromatic carbocycles. The molecule has 1 aliphatic heterocycles. The number of hydrogen-bond acceptors (Lipinski definition) is 6. The summed E-state index contributed by atoms with van der Waals surface area (Å²) in [6.07, 6.45) is 0. The molecule has 0 fully saturated rings. The van der Waals surface area contributed by atoms with Gasteiger partial charge >= 0.3 is 11.9 Å². The van der Waals surface area contributed by atoms with Crippen LogP contribution in [0.25, 0.3) is 0 Å². The Morgan fingerprint density at radius 1 is 1.30 bits per heavy atom. The molecular formula is C16H19NO5S. The van der Waals surface area contributed by atoms with Gasteiger partial charge in [-0.3, -0.25) is 4.79 Å². The second-order valence-electron chi connectivity index (χ2n) is 6.12. The van der Waals surface area contributed by atoms with Gasteiger partial charge < -0.3 is 14.8 Å². The van der Waals surface area contributed by atoms with E-state index in [2.05, 4.69) is 5.32 Å². The first-order chi connectivity index (χ1) is 10.7. The SMILES string of the molecule is C[C@@H]1Sc2ccc(C(=O)OCC(=O)OC(C)(C)C)cc2NC1=O. The number of benzene rings is 1. The number of rotatable bonds is 3. The zero-order valence-corrected chi connectivity index (χ0v) is 14.3. The van der Waals surface area contributed by atoms with E-state index in [1.807, 2.05) is 6.92 Å². The van der Waals surface area contributed by atoms with Crippen LogP contribution >= 0.6 is 11.8 Å². The smallest absolute Gasteiger partial charge is 0.344 e. The molecule has 1 aliphatic rings. The number of thioether (sulfide) groups is 1. The van der Waals surface area contributed by atoms with Crippen LogP contribution in [0.5, 0.6) is 0 Å². The molecule has 0 unspecified atom stereocenters. The average Bonchev–Trinajstić information content (AvgIpc) is 2.43.